The van der Waals surface area contributed by atoms with E-state index in [-0.39, 0.29) is 0 Å². The SMILES string of the molecule is C1=CCCCCCCC/C=C/CCC1. The maximum Gasteiger partial charge on any atom is -0.0348 e. The maximum absolute atomic E-state index is 2.37. The van der Waals surface area contributed by atoms with Crippen LogP contribution in [0.3, 0.4) is 0 Å². The van der Waals surface area contributed by atoms with Crippen molar-refractivity contribution in [3.63, 3.8) is 0 Å². The Labute approximate surface area is 89.1 Å². The molecule has 0 saturated heterocycles. The molecule has 1 aliphatic rings. The van der Waals surface area contributed by atoms with E-state index in [2.05, 4.69) is 24.3 Å². The van der Waals surface area contributed by atoms with Crippen LogP contribution >= 0.6 is 0 Å². The minimum atomic E-state index is 1.27. The first-order valence-electron chi connectivity index (χ1n) is 6.30. The fourth-order valence-electron chi connectivity index (χ4n) is 1.88. The molecule has 0 aromatic heterocycles. The quantitative estimate of drug-likeness (QED) is 0.473. The molecule has 0 heterocycles. The molecule has 14 heavy (non-hydrogen) atoms. The largest absolute Gasteiger partial charge is 0.0885 e. The smallest absolute Gasteiger partial charge is 0.0348 e. The maximum atomic E-state index is 2.37. The molecule has 0 aromatic carbocycles. The van der Waals surface area contributed by atoms with Gasteiger partial charge < -0.3 is 0 Å². The molecule has 80 valence electrons. The van der Waals surface area contributed by atoms with E-state index in [0.29, 0.717) is 0 Å². The van der Waals surface area contributed by atoms with Gasteiger partial charge in [0.25, 0.3) is 0 Å². The molecule has 0 bridgehead atoms. The molecule has 0 N–H and O–H groups in total. The molecule has 0 heteroatoms. The molecule has 0 spiro atoms. The fourth-order valence-corrected chi connectivity index (χ4v) is 1.88. The summed E-state index contributed by atoms with van der Waals surface area (Å²) in [4.78, 5) is 0. The number of allylic oxidation sites excluding steroid dienone is 4. The second-order valence-corrected chi connectivity index (χ2v) is 4.22. The highest BCUT2D eigenvalue weighted by Gasteiger charge is 1.90. The Kier molecular flexibility index (Phi) is 7.47. The summed E-state index contributed by atoms with van der Waals surface area (Å²) >= 11 is 0. The van der Waals surface area contributed by atoms with Crippen LogP contribution in [-0.2, 0) is 0 Å². The van der Waals surface area contributed by atoms with Gasteiger partial charge in [-0.1, -0.05) is 43.6 Å². The standard InChI is InChI=1S/C14H24/c1-2-4-6-8-10-12-14-13-11-9-7-5-3-1/h1-2,9,11H,3-8,10,12-14H2/b2-1+,11-9?. The van der Waals surface area contributed by atoms with Crippen molar-refractivity contribution in [2.24, 2.45) is 0 Å². The molecule has 0 aromatic rings. The lowest BCUT2D eigenvalue weighted by Crippen LogP contribution is -1.79. The first-order valence-corrected chi connectivity index (χ1v) is 6.30. The van der Waals surface area contributed by atoms with Crippen LogP contribution < -0.4 is 0 Å². The molecular weight excluding hydrogens is 168 g/mol. The Morgan fingerprint density at radius 1 is 0.357 bits per heavy atom. The van der Waals surface area contributed by atoms with Crippen molar-refractivity contribution in [2.45, 2.75) is 64.2 Å². The Morgan fingerprint density at radius 3 is 1.21 bits per heavy atom. The van der Waals surface area contributed by atoms with Crippen LogP contribution in [0, 0.1) is 0 Å². The van der Waals surface area contributed by atoms with Crippen LogP contribution in [0.2, 0.25) is 0 Å². The number of hydrogen-bond acceptors (Lipinski definition) is 0. The monoisotopic (exact) mass is 192 g/mol. The van der Waals surface area contributed by atoms with Gasteiger partial charge in [0.05, 0.1) is 0 Å². The zero-order chi connectivity index (χ0) is 9.90. The minimum absolute atomic E-state index is 1.27. The summed E-state index contributed by atoms with van der Waals surface area (Å²) < 4.78 is 0. The van der Waals surface area contributed by atoms with Crippen LogP contribution in [0.15, 0.2) is 24.3 Å². The molecule has 0 fully saturated rings. The van der Waals surface area contributed by atoms with Crippen molar-refractivity contribution < 1.29 is 0 Å². The minimum Gasteiger partial charge on any atom is -0.0885 e. The van der Waals surface area contributed by atoms with Gasteiger partial charge in [-0.2, -0.15) is 0 Å². The molecule has 0 nitrogen and oxygen atoms in total. The van der Waals surface area contributed by atoms with E-state index in [1.807, 2.05) is 0 Å². The normalized spacial score (nSPS) is 24.0. The first-order chi connectivity index (χ1) is 7.00. The Morgan fingerprint density at radius 2 is 0.714 bits per heavy atom. The summed E-state index contributed by atoms with van der Waals surface area (Å²) in [5, 5.41) is 0. The third kappa shape index (κ3) is 6.94. The third-order valence-electron chi connectivity index (χ3n) is 2.82. The Hall–Kier alpha value is -0.520. The van der Waals surface area contributed by atoms with Gasteiger partial charge in [0, 0.05) is 0 Å². The van der Waals surface area contributed by atoms with Gasteiger partial charge >= 0.3 is 0 Å². The number of rotatable bonds is 0. The first kappa shape index (κ1) is 11.6. The molecule has 0 radical (unpaired) electrons. The van der Waals surface area contributed by atoms with Crippen LogP contribution in [0.25, 0.3) is 0 Å². The van der Waals surface area contributed by atoms with Gasteiger partial charge in [-0.3, -0.25) is 0 Å². The van der Waals surface area contributed by atoms with Crippen LogP contribution in [-0.4, -0.2) is 0 Å². The summed E-state index contributed by atoms with van der Waals surface area (Å²) in [6.07, 6.45) is 23.0. The Balaban J connectivity index is 2.16. The van der Waals surface area contributed by atoms with Gasteiger partial charge in [-0.05, 0) is 44.9 Å². The molecular formula is C14H24. The molecule has 0 aliphatic heterocycles. The lowest BCUT2D eigenvalue weighted by atomic mass is 10.1. The third-order valence-corrected chi connectivity index (χ3v) is 2.82. The van der Waals surface area contributed by atoms with Crippen LogP contribution in [0.4, 0.5) is 0 Å². The Bertz CT molecular complexity index is 147. The van der Waals surface area contributed by atoms with Crippen molar-refractivity contribution in [2.75, 3.05) is 0 Å². The topological polar surface area (TPSA) is 0 Å². The fraction of sp³-hybridized carbons (Fsp3) is 0.714. The van der Waals surface area contributed by atoms with Crippen molar-refractivity contribution in [3.05, 3.63) is 24.3 Å². The second kappa shape index (κ2) is 9.05. The summed E-state index contributed by atoms with van der Waals surface area (Å²) in [6, 6.07) is 0. The van der Waals surface area contributed by atoms with Crippen molar-refractivity contribution in [1.82, 2.24) is 0 Å². The van der Waals surface area contributed by atoms with Crippen LogP contribution in [0.1, 0.15) is 64.2 Å². The van der Waals surface area contributed by atoms with E-state index in [0.717, 1.165) is 0 Å². The van der Waals surface area contributed by atoms with E-state index in [4.69, 9.17) is 0 Å². The van der Waals surface area contributed by atoms with Crippen molar-refractivity contribution >= 4 is 0 Å². The van der Waals surface area contributed by atoms with Crippen molar-refractivity contribution in [3.8, 4) is 0 Å². The molecule has 1 rings (SSSR count). The molecule has 0 saturated carbocycles. The average Bonchev–Trinajstić information content (AvgIpc) is 2.22. The molecule has 0 atom stereocenters. The molecule has 1 aliphatic carbocycles. The predicted octanol–water partition coefficient (Wildman–Crippen LogP) is 5.01. The number of hydrogen-bond donors (Lipinski definition) is 0. The van der Waals surface area contributed by atoms with Gasteiger partial charge in [-0.15, -0.1) is 0 Å². The van der Waals surface area contributed by atoms with Crippen LogP contribution in [0.5, 0.6) is 0 Å². The van der Waals surface area contributed by atoms with Gasteiger partial charge in [0.15, 0.2) is 0 Å². The predicted molar refractivity (Wildman–Crippen MR) is 64.5 cm³/mol. The van der Waals surface area contributed by atoms with Gasteiger partial charge in [-0.25, -0.2) is 0 Å². The van der Waals surface area contributed by atoms with Gasteiger partial charge in [0.2, 0.25) is 0 Å². The molecule has 0 amide bonds. The van der Waals surface area contributed by atoms with E-state index in [1.165, 1.54) is 64.2 Å². The summed E-state index contributed by atoms with van der Waals surface area (Å²) in [5.41, 5.74) is 0. The van der Waals surface area contributed by atoms with Crippen molar-refractivity contribution in [1.29, 1.82) is 0 Å². The highest BCUT2D eigenvalue weighted by molar-refractivity contribution is 4.85. The summed E-state index contributed by atoms with van der Waals surface area (Å²) in [6.45, 7) is 0. The summed E-state index contributed by atoms with van der Waals surface area (Å²) in [5.74, 6) is 0. The lowest BCUT2D eigenvalue weighted by Gasteiger charge is -1.99. The summed E-state index contributed by atoms with van der Waals surface area (Å²) in [7, 11) is 0. The zero-order valence-electron chi connectivity index (χ0n) is 9.38. The lowest BCUT2D eigenvalue weighted by molar-refractivity contribution is 0.620. The van der Waals surface area contributed by atoms with E-state index < -0.39 is 0 Å². The second-order valence-electron chi connectivity index (χ2n) is 4.22. The van der Waals surface area contributed by atoms with E-state index >= 15 is 0 Å². The highest BCUT2D eigenvalue weighted by Crippen LogP contribution is 2.09. The van der Waals surface area contributed by atoms with Gasteiger partial charge in [0.1, 0.15) is 0 Å². The van der Waals surface area contributed by atoms with E-state index in [9.17, 15) is 0 Å². The highest BCUT2D eigenvalue weighted by atomic mass is 14.0. The average molecular weight is 192 g/mol. The van der Waals surface area contributed by atoms with E-state index in [1.54, 1.807) is 0 Å². The zero-order valence-corrected chi connectivity index (χ0v) is 9.38. The molecule has 0 unspecified atom stereocenters.